The summed E-state index contributed by atoms with van der Waals surface area (Å²) in [5, 5.41) is 3.10. The van der Waals surface area contributed by atoms with E-state index in [9.17, 15) is 12.8 Å². The van der Waals surface area contributed by atoms with E-state index in [0.717, 1.165) is 11.8 Å². The summed E-state index contributed by atoms with van der Waals surface area (Å²) in [7, 11) is -3.27. The van der Waals surface area contributed by atoms with Crippen molar-refractivity contribution in [1.82, 2.24) is 9.97 Å². The minimum Gasteiger partial charge on any atom is -0.350 e. The second kappa shape index (κ2) is 7.61. The van der Waals surface area contributed by atoms with Gasteiger partial charge in [0.15, 0.2) is 9.84 Å². The van der Waals surface area contributed by atoms with Crippen LogP contribution in [-0.2, 0) is 23.1 Å². The molecule has 0 amide bonds. The lowest BCUT2D eigenvalue weighted by molar-refractivity contribution is 0.476. The van der Waals surface area contributed by atoms with Crippen LogP contribution in [-0.4, -0.2) is 24.6 Å². The number of anilines is 1. The molecule has 3 rings (SSSR count). The van der Waals surface area contributed by atoms with Gasteiger partial charge in [-0.2, -0.15) is 0 Å². The van der Waals surface area contributed by atoms with E-state index < -0.39 is 16.5 Å². The van der Waals surface area contributed by atoms with Gasteiger partial charge in [-0.05, 0) is 23.8 Å². The molecule has 1 N–H and O–H groups in total. The highest BCUT2D eigenvalue weighted by atomic mass is 32.2. The van der Waals surface area contributed by atoms with Crippen molar-refractivity contribution < 1.29 is 12.8 Å². The summed E-state index contributed by atoms with van der Waals surface area (Å²) in [5.41, 5.74) is 2.54. The van der Waals surface area contributed by atoms with E-state index >= 15 is 0 Å². The zero-order valence-electron chi connectivity index (χ0n) is 14.2. The first-order valence-corrected chi connectivity index (χ1v) is 9.87. The summed E-state index contributed by atoms with van der Waals surface area (Å²) in [6.07, 6.45) is 1.15. The lowest BCUT2D eigenvalue weighted by Crippen LogP contribution is -2.06. The second-order valence-corrected chi connectivity index (χ2v) is 7.85. The normalized spacial score (nSPS) is 11.3. The highest BCUT2D eigenvalue weighted by Crippen LogP contribution is 2.22. The number of nitrogens with zero attached hydrogens (tertiary/aromatic N) is 2. The van der Waals surface area contributed by atoms with E-state index in [1.54, 1.807) is 18.2 Å². The van der Waals surface area contributed by atoms with Crippen molar-refractivity contribution in [2.45, 2.75) is 18.1 Å². The van der Waals surface area contributed by atoms with Crippen LogP contribution in [0.1, 0.15) is 11.3 Å². The summed E-state index contributed by atoms with van der Waals surface area (Å²) in [6, 6.07) is 17.6. The van der Waals surface area contributed by atoms with Gasteiger partial charge in [0, 0.05) is 18.4 Å². The molecule has 26 heavy (non-hydrogen) atoms. The van der Waals surface area contributed by atoms with Crippen molar-refractivity contribution in [3.63, 3.8) is 0 Å². The summed E-state index contributed by atoms with van der Waals surface area (Å²) >= 11 is 0. The molecule has 0 saturated carbocycles. The zero-order valence-corrected chi connectivity index (χ0v) is 15.0. The van der Waals surface area contributed by atoms with Gasteiger partial charge in [-0.1, -0.05) is 42.5 Å². The van der Waals surface area contributed by atoms with E-state index in [-0.39, 0.29) is 10.6 Å². The minimum absolute atomic E-state index is 0.225. The van der Waals surface area contributed by atoms with Crippen molar-refractivity contribution in [3.05, 3.63) is 71.9 Å². The third-order valence-electron chi connectivity index (χ3n) is 3.79. The van der Waals surface area contributed by atoms with E-state index in [4.69, 9.17) is 0 Å². The Morgan fingerprint density at radius 2 is 1.69 bits per heavy atom. The van der Waals surface area contributed by atoms with Crippen LogP contribution >= 0.6 is 0 Å². The van der Waals surface area contributed by atoms with Gasteiger partial charge >= 0.3 is 0 Å². The number of hydrogen-bond donors (Lipinski definition) is 1. The van der Waals surface area contributed by atoms with Crippen LogP contribution in [0.4, 0.5) is 10.3 Å². The Morgan fingerprint density at radius 1 is 1.00 bits per heavy atom. The van der Waals surface area contributed by atoms with Gasteiger partial charge in [0.05, 0.1) is 16.3 Å². The van der Waals surface area contributed by atoms with Crippen molar-refractivity contribution >= 4 is 15.8 Å². The largest absolute Gasteiger partial charge is 0.350 e. The van der Waals surface area contributed by atoms with Crippen LogP contribution in [0.5, 0.6) is 0 Å². The average Bonchev–Trinajstić information content (AvgIpc) is 2.66. The van der Waals surface area contributed by atoms with Gasteiger partial charge in [0.25, 0.3) is 0 Å². The Morgan fingerprint density at radius 3 is 2.31 bits per heavy atom. The number of nitrogens with one attached hydrogen (secondary N) is 1. The van der Waals surface area contributed by atoms with Gasteiger partial charge in [0.2, 0.25) is 5.95 Å². The molecule has 0 aliphatic rings. The first-order valence-electron chi connectivity index (χ1n) is 7.98. The van der Waals surface area contributed by atoms with Gasteiger partial charge in [-0.25, -0.2) is 22.8 Å². The predicted molar refractivity (Wildman–Crippen MR) is 99.2 cm³/mol. The maximum absolute atomic E-state index is 13.2. The number of aromatic nitrogens is 2. The molecule has 0 spiro atoms. The third kappa shape index (κ3) is 4.43. The Kier molecular flexibility index (Phi) is 5.27. The predicted octanol–water partition coefficient (Wildman–Crippen LogP) is 3.63. The summed E-state index contributed by atoms with van der Waals surface area (Å²) in [4.78, 5) is 8.80. The third-order valence-corrected chi connectivity index (χ3v) is 4.92. The topological polar surface area (TPSA) is 72.0 Å². The van der Waals surface area contributed by atoms with Crippen LogP contribution in [0.3, 0.4) is 0 Å². The fourth-order valence-electron chi connectivity index (χ4n) is 2.44. The number of alkyl halides is 1. The van der Waals surface area contributed by atoms with E-state index in [1.807, 2.05) is 30.3 Å². The fraction of sp³-hybridized carbons (Fsp3) is 0.158. The molecule has 0 bridgehead atoms. The van der Waals surface area contributed by atoms with Crippen LogP contribution < -0.4 is 5.32 Å². The summed E-state index contributed by atoms with van der Waals surface area (Å²) in [6.45, 7) is -0.194. The zero-order chi connectivity index (χ0) is 18.6. The smallest absolute Gasteiger partial charge is 0.223 e. The lowest BCUT2D eigenvalue weighted by Gasteiger charge is -2.09. The van der Waals surface area contributed by atoms with Crippen molar-refractivity contribution in [3.8, 4) is 11.3 Å². The molecular formula is C19H18FN3O2S. The van der Waals surface area contributed by atoms with E-state index in [1.165, 1.54) is 12.1 Å². The van der Waals surface area contributed by atoms with E-state index in [0.29, 0.717) is 23.8 Å². The lowest BCUT2D eigenvalue weighted by atomic mass is 10.1. The molecule has 7 heteroatoms. The number of rotatable bonds is 6. The van der Waals surface area contributed by atoms with Gasteiger partial charge in [-0.15, -0.1) is 0 Å². The molecule has 0 unspecified atom stereocenters. The molecule has 5 nitrogen and oxygen atoms in total. The Hall–Kier alpha value is -2.80. The molecule has 0 atom stereocenters. The molecule has 0 aliphatic heterocycles. The van der Waals surface area contributed by atoms with Crippen molar-refractivity contribution in [2.24, 2.45) is 0 Å². The van der Waals surface area contributed by atoms with Crippen molar-refractivity contribution in [2.75, 3.05) is 11.6 Å². The molecule has 3 aromatic rings. The number of halogens is 1. The SMILES string of the molecule is CS(=O)(=O)c1ccc(-c2cc(CF)nc(NCc3ccccc3)n2)cc1. The standard InChI is InChI=1S/C19H18FN3O2S/c1-26(24,25)17-9-7-15(8-10-17)18-11-16(12-20)22-19(23-18)21-13-14-5-3-2-4-6-14/h2-11H,12-13H2,1H3,(H,21,22,23). The maximum Gasteiger partial charge on any atom is 0.223 e. The highest BCUT2D eigenvalue weighted by Gasteiger charge is 2.10. The van der Waals surface area contributed by atoms with Gasteiger partial charge in [0.1, 0.15) is 6.67 Å². The quantitative estimate of drug-likeness (QED) is 0.716. The minimum atomic E-state index is -3.27. The van der Waals surface area contributed by atoms with Crippen molar-refractivity contribution in [1.29, 1.82) is 0 Å². The molecule has 0 aliphatic carbocycles. The fourth-order valence-corrected chi connectivity index (χ4v) is 3.07. The Labute approximate surface area is 151 Å². The van der Waals surface area contributed by atoms with Crippen LogP contribution in [0.25, 0.3) is 11.3 Å². The average molecular weight is 371 g/mol. The van der Waals surface area contributed by atoms with Crippen LogP contribution in [0.15, 0.2) is 65.6 Å². The van der Waals surface area contributed by atoms with E-state index in [2.05, 4.69) is 15.3 Å². The molecule has 0 fully saturated rings. The summed E-state index contributed by atoms with van der Waals surface area (Å²) in [5.74, 6) is 0.325. The summed E-state index contributed by atoms with van der Waals surface area (Å²) < 4.78 is 36.3. The first kappa shape index (κ1) is 18.0. The molecule has 2 aromatic carbocycles. The Balaban J connectivity index is 1.87. The maximum atomic E-state index is 13.2. The molecule has 1 aromatic heterocycles. The highest BCUT2D eigenvalue weighted by molar-refractivity contribution is 7.90. The number of benzene rings is 2. The Bertz CT molecular complexity index is 991. The van der Waals surface area contributed by atoms with Crippen LogP contribution in [0.2, 0.25) is 0 Å². The van der Waals surface area contributed by atoms with Crippen LogP contribution in [0, 0.1) is 0 Å². The molecule has 1 heterocycles. The van der Waals surface area contributed by atoms with Gasteiger partial charge < -0.3 is 5.32 Å². The molecule has 134 valence electrons. The van der Waals surface area contributed by atoms with Gasteiger partial charge in [-0.3, -0.25) is 0 Å². The molecule has 0 saturated heterocycles. The first-order chi connectivity index (χ1) is 12.5. The number of sulfone groups is 1. The second-order valence-electron chi connectivity index (χ2n) is 5.84. The molecule has 0 radical (unpaired) electrons. The monoisotopic (exact) mass is 371 g/mol. The molecular weight excluding hydrogens is 353 g/mol. The number of hydrogen-bond acceptors (Lipinski definition) is 5.